The van der Waals surface area contributed by atoms with Gasteiger partial charge in [-0.1, -0.05) is 17.8 Å². The van der Waals surface area contributed by atoms with Crippen LogP contribution in [0.5, 0.6) is 0 Å². The molecule has 0 unspecified atom stereocenters. The first-order valence-corrected chi connectivity index (χ1v) is 5.70. The van der Waals surface area contributed by atoms with Gasteiger partial charge in [0.15, 0.2) is 0 Å². The van der Waals surface area contributed by atoms with Crippen LogP contribution in [0.2, 0.25) is 0 Å². The largest absolute Gasteiger partial charge is 0.410 e. The van der Waals surface area contributed by atoms with Crippen LogP contribution < -0.4 is 0 Å². The Hall–Kier alpha value is -1.14. The Morgan fingerprint density at radius 2 is 2.50 bits per heavy atom. The van der Waals surface area contributed by atoms with Gasteiger partial charge in [-0.25, -0.2) is 0 Å². The van der Waals surface area contributed by atoms with Crippen LogP contribution in [0.3, 0.4) is 0 Å². The highest BCUT2D eigenvalue weighted by Gasteiger charge is 2.08. The van der Waals surface area contributed by atoms with Gasteiger partial charge in [-0.3, -0.25) is 0 Å². The van der Waals surface area contributed by atoms with Gasteiger partial charge in [0, 0.05) is 0 Å². The fourth-order valence-electron chi connectivity index (χ4n) is 0.873. The maximum atomic E-state index is 10.1. The number of carbonyl (C=O) groups is 1. The zero-order valence-corrected chi connectivity index (χ0v) is 8.68. The molecule has 0 aliphatic rings. The molecule has 2 aromatic rings. The minimum Gasteiger partial charge on any atom is -0.410 e. The van der Waals surface area contributed by atoms with Crippen molar-refractivity contribution < 1.29 is 9.21 Å². The molecule has 2 rings (SSSR count). The third-order valence-electron chi connectivity index (χ3n) is 1.41. The summed E-state index contributed by atoms with van der Waals surface area (Å²) in [7, 11) is 0. The maximum absolute atomic E-state index is 10.1. The van der Waals surface area contributed by atoms with Crippen LogP contribution in [0.4, 0.5) is 0 Å². The Balaban J connectivity index is 2.14. The number of hydrogen-bond donors (Lipinski definition) is 0. The van der Waals surface area contributed by atoms with Crippen LogP contribution in [-0.4, -0.2) is 22.2 Å². The van der Waals surface area contributed by atoms with E-state index in [1.54, 1.807) is 0 Å². The molecule has 0 amide bonds. The molecule has 0 aliphatic heterocycles. The van der Waals surface area contributed by atoms with Gasteiger partial charge in [0.05, 0.1) is 10.6 Å². The van der Waals surface area contributed by atoms with Gasteiger partial charge in [0.25, 0.3) is 11.1 Å². The number of hydrogen-bond acceptors (Lipinski definition) is 6. The molecule has 0 radical (unpaired) electrons. The van der Waals surface area contributed by atoms with Crippen LogP contribution in [0, 0.1) is 0 Å². The van der Waals surface area contributed by atoms with Crippen molar-refractivity contribution in [1.29, 1.82) is 0 Å². The Bertz CT molecular complexity index is 411. The predicted molar refractivity (Wildman–Crippen MR) is 54.4 cm³/mol. The number of aldehydes is 1. The van der Waals surface area contributed by atoms with E-state index in [9.17, 15) is 4.79 Å². The van der Waals surface area contributed by atoms with Gasteiger partial charge >= 0.3 is 0 Å². The quantitative estimate of drug-likeness (QED) is 0.590. The second-order valence-corrected chi connectivity index (χ2v) is 4.25. The SMILES string of the molecule is O=CCSc1nnc(-c2cccs2)o1. The van der Waals surface area contributed by atoms with Gasteiger partial charge in [0.2, 0.25) is 0 Å². The average molecular weight is 226 g/mol. The fraction of sp³-hybridized carbons (Fsp3) is 0.125. The van der Waals surface area contributed by atoms with Crippen molar-refractivity contribution in [3.63, 3.8) is 0 Å². The van der Waals surface area contributed by atoms with Gasteiger partial charge in [0.1, 0.15) is 6.29 Å². The lowest BCUT2D eigenvalue weighted by molar-refractivity contribution is -0.105. The summed E-state index contributed by atoms with van der Waals surface area (Å²) in [5.74, 6) is 0.847. The molecule has 0 atom stereocenters. The molecular weight excluding hydrogens is 220 g/mol. The molecule has 2 heterocycles. The van der Waals surface area contributed by atoms with Crippen LogP contribution >= 0.6 is 23.1 Å². The topological polar surface area (TPSA) is 56.0 Å². The van der Waals surface area contributed by atoms with Crippen LogP contribution in [0.15, 0.2) is 27.2 Å². The molecular formula is C8H6N2O2S2. The molecule has 72 valence electrons. The van der Waals surface area contributed by atoms with E-state index in [-0.39, 0.29) is 0 Å². The van der Waals surface area contributed by atoms with Crippen molar-refractivity contribution in [2.75, 3.05) is 5.75 Å². The highest BCUT2D eigenvalue weighted by atomic mass is 32.2. The summed E-state index contributed by atoms with van der Waals surface area (Å²) >= 11 is 2.77. The minimum absolute atomic E-state index is 0.339. The van der Waals surface area contributed by atoms with Crippen LogP contribution in [-0.2, 0) is 4.79 Å². The summed E-state index contributed by atoms with van der Waals surface area (Å²) in [4.78, 5) is 11.0. The number of nitrogens with zero attached hydrogens (tertiary/aromatic N) is 2. The zero-order valence-electron chi connectivity index (χ0n) is 7.04. The maximum Gasteiger partial charge on any atom is 0.277 e. The highest BCUT2D eigenvalue weighted by molar-refractivity contribution is 7.99. The first-order chi connectivity index (χ1) is 6.90. The first kappa shape index (κ1) is 9.42. The molecule has 0 spiro atoms. The molecule has 6 heteroatoms. The minimum atomic E-state index is 0.339. The summed E-state index contributed by atoms with van der Waals surface area (Å²) in [5.41, 5.74) is 0. The van der Waals surface area contributed by atoms with Crippen molar-refractivity contribution in [2.24, 2.45) is 0 Å². The predicted octanol–water partition coefficient (Wildman–Crippen LogP) is 2.09. The summed E-state index contributed by atoms with van der Waals surface area (Å²) in [5, 5.41) is 10.0. The number of thioether (sulfide) groups is 1. The van der Waals surface area contributed by atoms with E-state index < -0.39 is 0 Å². The fourth-order valence-corrected chi connectivity index (χ4v) is 1.96. The third kappa shape index (κ3) is 2.02. The van der Waals surface area contributed by atoms with Crippen molar-refractivity contribution in [3.8, 4) is 10.8 Å². The van der Waals surface area contributed by atoms with Gasteiger partial charge in [-0.15, -0.1) is 21.5 Å². The van der Waals surface area contributed by atoms with E-state index in [4.69, 9.17) is 4.42 Å². The Kier molecular flexibility index (Phi) is 2.95. The summed E-state index contributed by atoms with van der Waals surface area (Å²) in [6.07, 6.45) is 0.805. The van der Waals surface area contributed by atoms with Crippen LogP contribution in [0.25, 0.3) is 10.8 Å². The lowest BCUT2D eigenvalue weighted by atomic mass is 10.5. The summed E-state index contributed by atoms with van der Waals surface area (Å²) in [6, 6.07) is 3.83. The summed E-state index contributed by atoms with van der Waals surface area (Å²) < 4.78 is 5.32. The number of aromatic nitrogens is 2. The second-order valence-electron chi connectivity index (χ2n) is 2.33. The van der Waals surface area contributed by atoms with E-state index in [1.165, 1.54) is 23.1 Å². The number of rotatable bonds is 4. The Labute approximate surface area is 88.3 Å². The van der Waals surface area contributed by atoms with E-state index in [0.29, 0.717) is 16.9 Å². The standard InChI is InChI=1S/C8H6N2O2S2/c11-3-5-14-8-10-9-7(12-8)6-2-1-4-13-6/h1-4H,5H2. The molecule has 0 aromatic carbocycles. The average Bonchev–Trinajstić information content (AvgIpc) is 2.85. The van der Waals surface area contributed by atoms with Crippen molar-refractivity contribution in [2.45, 2.75) is 5.22 Å². The summed E-state index contributed by atoms with van der Waals surface area (Å²) in [6.45, 7) is 0. The molecule has 0 N–H and O–H groups in total. The zero-order chi connectivity index (χ0) is 9.80. The highest BCUT2D eigenvalue weighted by Crippen LogP contribution is 2.25. The molecule has 4 nitrogen and oxygen atoms in total. The lowest BCUT2D eigenvalue weighted by Crippen LogP contribution is -1.78. The smallest absolute Gasteiger partial charge is 0.277 e. The first-order valence-electron chi connectivity index (χ1n) is 3.84. The van der Waals surface area contributed by atoms with Crippen molar-refractivity contribution >= 4 is 29.4 Å². The van der Waals surface area contributed by atoms with E-state index in [0.717, 1.165) is 11.2 Å². The monoisotopic (exact) mass is 226 g/mol. The molecule has 0 saturated carbocycles. The molecule has 2 aromatic heterocycles. The van der Waals surface area contributed by atoms with Gasteiger partial charge in [-0.05, 0) is 11.4 Å². The van der Waals surface area contributed by atoms with Crippen molar-refractivity contribution in [1.82, 2.24) is 10.2 Å². The molecule has 0 saturated heterocycles. The number of carbonyl (C=O) groups excluding carboxylic acids is 1. The lowest BCUT2D eigenvalue weighted by Gasteiger charge is -1.86. The molecule has 0 aliphatic carbocycles. The molecule has 14 heavy (non-hydrogen) atoms. The normalized spacial score (nSPS) is 10.3. The van der Waals surface area contributed by atoms with E-state index in [2.05, 4.69) is 10.2 Å². The van der Waals surface area contributed by atoms with E-state index >= 15 is 0 Å². The Morgan fingerprint density at radius 3 is 3.21 bits per heavy atom. The molecule has 0 bridgehead atoms. The van der Waals surface area contributed by atoms with Gasteiger partial charge < -0.3 is 9.21 Å². The van der Waals surface area contributed by atoms with E-state index in [1.807, 2.05) is 17.5 Å². The second kappa shape index (κ2) is 4.39. The Morgan fingerprint density at radius 1 is 1.57 bits per heavy atom. The van der Waals surface area contributed by atoms with Crippen LogP contribution in [0.1, 0.15) is 0 Å². The van der Waals surface area contributed by atoms with Crippen molar-refractivity contribution in [3.05, 3.63) is 17.5 Å². The third-order valence-corrected chi connectivity index (χ3v) is 2.99. The number of thiophene rings is 1. The molecule has 0 fully saturated rings. The van der Waals surface area contributed by atoms with Gasteiger partial charge in [-0.2, -0.15) is 0 Å².